The molecule has 16 heavy (non-hydrogen) atoms. The Balaban J connectivity index is 2.06. The number of hydrogen-bond donors (Lipinski definition) is 1. The van der Waals surface area contributed by atoms with Crippen molar-refractivity contribution in [2.75, 3.05) is 19.6 Å². The monoisotopic (exact) mass is 258 g/mol. The van der Waals surface area contributed by atoms with Gasteiger partial charge in [-0.05, 0) is 12.1 Å². The first kappa shape index (κ1) is 11.4. The SMILES string of the molecule is O=C1CCN(C(=O)c2ccc(Cl)s2)CCN1. The van der Waals surface area contributed by atoms with Gasteiger partial charge in [-0.25, -0.2) is 0 Å². The molecule has 2 rings (SSSR count). The van der Waals surface area contributed by atoms with E-state index in [4.69, 9.17) is 11.6 Å². The van der Waals surface area contributed by atoms with E-state index in [1.807, 2.05) is 0 Å². The zero-order valence-corrected chi connectivity index (χ0v) is 10.1. The van der Waals surface area contributed by atoms with Crippen molar-refractivity contribution in [3.05, 3.63) is 21.3 Å². The maximum Gasteiger partial charge on any atom is 0.264 e. The molecular formula is C10H11ClN2O2S. The Bertz CT molecular complexity index is 419. The number of amides is 2. The molecule has 0 unspecified atom stereocenters. The average Bonchev–Trinajstić information content (AvgIpc) is 2.57. The lowest BCUT2D eigenvalue weighted by molar-refractivity contribution is -0.120. The molecule has 4 nitrogen and oxygen atoms in total. The quantitative estimate of drug-likeness (QED) is 0.827. The summed E-state index contributed by atoms with van der Waals surface area (Å²) in [4.78, 5) is 25.4. The molecule has 0 aromatic carbocycles. The Morgan fingerprint density at radius 2 is 2.25 bits per heavy atom. The highest BCUT2D eigenvalue weighted by atomic mass is 35.5. The molecule has 1 saturated heterocycles. The van der Waals surface area contributed by atoms with Gasteiger partial charge in [0.15, 0.2) is 0 Å². The Labute approximate surface area is 102 Å². The summed E-state index contributed by atoms with van der Waals surface area (Å²) in [5.41, 5.74) is 0. The second-order valence-electron chi connectivity index (χ2n) is 3.50. The number of halogens is 1. The Morgan fingerprint density at radius 3 is 2.94 bits per heavy atom. The van der Waals surface area contributed by atoms with Gasteiger partial charge in [-0.1, -0.05) is 11.6 Å². The molecule has 1 aliphatic rings. The molecule has 0 radical (unpaired) electrons. The van der Waals surface area contributed by atoms with Gasteiger partial charge in [-0.2, -0.15) is 0 Å². The summed E-state index contributed by atoms with van der Waals surface area (Å²) in [6.45, 7) is 1.55. The van der Waals surface area contributed by atoms with E-state index in [2.05, 4.69) is 5.32 Å². The van der Waals surface area contributed by atoms with Crippen LogP contribution in [0.5, 0.6) is 0 Å². The molecule has 0 spiro atoms. The molecule has 0 aliphatic carbocycles. The molecule has 1 N–H and O–H groups in total. The van der Waals surface area contributed by atoms with Gasteiger partial charge in [0.2, 0.25) is 5.91 Å². The van der Waals surface area contributed by atoms with Gasteiger partial charge in [0.25, 0.3) is 5.91 Å². The van der Waals surface area contributed by atoms with Gasteiger partial charge in [0.05, 0.1) is 9.21 Å². The van der Waals surface area contributed by atoms with Crippen molar-refractivity contribution < 1.29 is 9.59 Å². The minimum absolute atomic E-state index is 0.000452. The smallest absolute Gasteiger partial charge is 0.264 e. The average molecular weight is 259 g/mol. The number of rotatable bonds is 1. The molecule has 1 aliphatic heterocycles. The van der Waals surface area contributed by atoms with Crippen molar-refractivity contribution in [1.29, 1.82) is 0 Å². The van der Waals surface area contributed by atoms with Crippen LogP contribution in [0.3, 0.4) is 0 Å². The first-order chi connectivity index (χ1) is 7.66. The number of hydrogen-bond acceptors (Lipinski definition) is 3. The van der Waals surface area contributed by atoms with E-state index in [1.165, 1.54) is 11.3 Å². The number of nitrogens with zero attached hydrogens (tertiary/aromatic N) is 1. The highest BCUT2D eigenvalue weighted by Crippen LogP contribution is 2.22. The fourth-order valence-electron chi connectivity index (χ4n) is 1.56. The van der Waals surface area contributed by atoms with E-state index in [0.29, 0.717) is 35.3 Å². The third kappa shape index (κ3) is 2.54. The van der Waals surface area contributed by atoms with Crippen LogP contribution in [0.25, 0.3) is 0 Å². The molecule has 0 bridgehead atoms. The van der Waals surface area contributed by atoms with E-state index in [-0.39, 0.29) is 11.8 Å². The third-order valence-corrected chi connectivity index (χ3v) is 3.60. The van der Waals surface area contributed by atoms with E-state index < -0.39 is 0 Å². The first-order valence-corrected chi connectivity index (χ1v) is 6.17. The second-order valence-corrected chi connectivity index (χ2v) is 5.21. The van der Waals surface area contributed by atoms with Crippen molar-refractivity contribution in [1.82, 2.24) is 10.2 Å². The van der Waals surface area contributed by atoms with E-state index >= 15 is 0 Å². The Morgan fingerprint density at radius 1 is 1.44 bits per heavy atom. The molecule has 2 heterocycles. The van der Waals surface area contributed by atoms with Gasteiger partial charge >= 0.3 is 0 Å². The summed E-state index contributed by atoms with van der Waals surface area (Å²) in [6, 6.07) is 3.43. The molecule has 1 aromatic rings. The topological polar surface area (TPSA) is 49.4 Å². The standard InChI is InChI=1S/C10H11ClN2O2S/c11-8-2-1-7(16-8)10(15)13-5-3-9(14)12-4-6-13/h1-2H,3-6H2,(H,12,14). The highest BCUT2D eigenvalue weighted by molar-refractivity contribution is 7.17. The van der Waals surface area contributed by atoms with Gasteiger partial charge in [-0.15, -0.1) is 11.3 Å². The Kier molecular flexibility index (Phi) is 3.46. The van der Waals surface area contributed by atoms with Crippen molar-refractivity contribution in [3.63, 3.8) is 0 Å². The van der Waals surface area contributed by atoms with Gasteiger partial charge in [-0.3, -0.25) is 9.59 Å². The highest BCUT2D eigenvalue weighted by Gasteiger charge is 2.20. The maximum absolute atomic E-state index is 12.0. The van der Waals surface area contributed by atoms with Crippen molar-refractivity contribution in [2.24, 2.45) is 0 Å². The van der Waals surface area contributed by atoms with Crippen LogP contribution in [-0.4, -0.2) is 36.3 Å². The third-order valence-electron chi connectivity index (χ3n) is 2.38. The molecule has 6 heteroatoms. The zero-order chi connectivity index (χ0) is 11.5. The summed E-state index contributed by atoms with van der Waals surface area (Å²) in [5, 5.41) is 2.73. The predicted molar refractivity (Wildman–Crippen MR) is 62.9 cm³/mol. The predicted octanol–water partition coefficient (Wildman–Crippen LogP) is 1.36. The number of carbonyl (C=O) groups is 2. The van der Waals surface area contributed by atoms with Crippen LogP contribution in [0, 0.1) is 0 Å². The van der Waals surface area contributed by atoms with Crippen LogP contribution >= 0.6 is 22.9 Å². The van der Waals surface area contributed by atoms with Crippen molar-refractivity contribution >= 4 is 34.8 Å². The summed E-state index contributed by atoms with van der Waals surface area (Å²) in [7, 11) is 0. The molecule has 1 fully saturated rings. The maximum atomic E-state index is 12.0. The molecular weight excluding hydrogens is 248 g/mol. The van der Waals surface area contributed by atoms with E-state index in [1.54, 1.807) is 17.0 Å². The zero-order valence-electron chi connectivity index (χ0n) is 8.53. The van der Waals surface area contributed by atoms with Crippen molar-refractivity contribution in [2.45, 2.75) is 6.42 Å². The van der Waals surface area contributed by atoms with Crippen LogP contribution in [0.15, 0.2) is 12.1 Å². The molecule has 86 valence electrons. The summed E-state index contributed by atoms with van der Waals surface area (Å²) >= 11 is 7.05. The normalized spacial score (nSPS) is 16.8. The first-order valence-electron chi connectivity index (χ1n) is 4.98. The Hall–Kier alpha value is -1.07. The van der Waals surface area contributed by atoms with Crippen LogP contribution in [0.1, 0.15) is 16.1 Å². The van der Waals surface area contributed by atoms with Crippen molar-refractivity contribution in [3.8, 4) is 0 Å². The number of thiophene rings is 1. The lowest BCUT2D eigenvalue weighted by Gasteiger charge is -2.18. The van der Waals surface area contributed by atoms with Gasteiger partial charge < -0.3 is 10.2 Å². The van der Waals surface area contributed by atoms with E-state index in [9.17, 15) is 9.59 Å². The van der Waals surface area contributed by atoms with E-state index in [0.717, 1.165) is 0 Å². The molecule has 0 saturated carbocycles. The van der Waals surface area contributed by atoms with Gasteiger partial charge in [0.1, 0.15) is 0 Å². The lowest BCUT2D eigenvalue weighted by atomic mass is 10.3. The number of carbonyl (C=O) groups excluding carboxylic acids is 2. The summed E-state index contributed by atoms with van der Waals surface area (Å²) in [6.07, 6.45) is 0.366. The largest absolute Gasteiger partial charge is 0.354 e. The van der Waals surface area contributed by atoms with Crippen LogP contribution < -0.4 is 5.32 Å². The minimum atomic E-state index is -0.0478. The van der Waals surface area contributed by atoms with Crippen LogP contribution in [0.4, 0.5) is 0 Å². The van der Waals surface area contributed by atoms with Crippen LogP contribution in [-0.2, 0) is 4.79 Å². The summed E-state index contributed by atoms with van der Waals surface area (Å²) < 4.78 is 0.604. The van der Waals surface area contributed by atoms with Gasteiger partial charge in [0, 0.05) is 26.1 Å². The molecule has 1 aromatic heterocycles. The number of nitrogens with one attached hydrogen (secondary N) is 1. The molecule has 2 amide bonds. The fourth-order valence-corrected chi connectivity index (χ4v) is 2.57. The second kappa shape index (κ2) is 4.84. The lowest BCUT2D eigenvalue weighted by Crippen LogP contribution is -2.33. The minimum Gasteiger partial charge on any atom is -0.354 e. The fraction of sp³-hybridized carbons (Fsp3) is 0.400. The summed E-state index contributed by atoms with van der Waals surface area (Å²) in [5.74, 6) is -0.0482. The molecule has 0 atom stereocenters. The van der Waals surface area contributed by atoms with Crippen LogP contribution in [0.2, 0.25) is 4.34 Å².